The highest BCUT2D eigenvalue weighted by Gasteiger charge is 2.18. The van der Waals surface area contributed by atoms with Crippen LogP contribution in [0, 0.1) is 0 Å². The molecule has 0 saturated carbocycles. The van der Waals surface area contributed by atoms with Crippen LogP contribution in [0.15, 0.2) is 22.7 Å². The summed E-state index contributed by atoms with van der Waals surface area (Å²) < 4.78 is 12.0. The van der Waals surface area contributed by atoms with Gasteiger partial charge in [-0.25, -0.2) is 0 Å². The molecule has 0 amide bonds. The molecular weight excluding hydrogens is 306 g/mol. The minimum atomic E-state index is 0.367. The lowest BCUT2D eigenvalue weighted by atomic mass is 9.99. The maximum Gasteiger partial charge on any atom is 0.133 e. The van der Waals surface area contributed by atoms with Crippen molar-refractivity contribution in [1.29, 1.82) is 0 Å². The molecule has 106 valence electrons. The maximum atomic E-state index is 5.69. The summed E-state index contributed by atoms with van der Waals surface area (Å²) in [5.41, 5.74) is 1.29. The van der Waals surface area contributed by atoms with Gasteiger partial charge in [0.25, 0.3) is 0 Å². The summed E-state index contributed by atoms with van der Waals surface area (Å²) in [5.74, 6) is 0.873. The molecule has 1 aliphatic rings. The van der Waals surface area contributed by atoms with E-state index in [9.17, 15) is 0 Å². The number of benzene rings is 1. The van der Waals surface area contributed by atoms with Gasteiger partial charge < -0.3 is 14.8 Å². The van der Waals surface area contributed by atoms with Crippen molar-refractivity contribution >= 4 is 15.9 Å². The second-order valence-corrected chi connectivity index (χ2v) is 5.80. The molecule has 1 aromatic carbocycles. The van der Waals surface area contributed by atoms with Gasteiger partial charge in [0.15, 0.2) is 0 Å². The summed E-state index contributed by atoms with van der Waals surface area (Å²) in [6.45, 7) is 0.934. The summed E-state index contributed by atoms with van der Waals surface area (Å²) in [4.78, 5) is 0. The molecule has 1 N–H and O–H groups in total. The number of halogens is 1. The Morgan fingerprint density at radius 2 is 2.37 bits per heavy atom. The Kier molecular flexibility index (Phi) is 5.67. The molecule has 0 spiro atoms. The topological polar surface area (TPSA) is 30.5 Å². The van der Waals surface area contributed by atoms with Crippen molar-refractivity contribution in [1.82, 2.24) is 5.32 Å². The van der Waals surface area contributed by atoms with Gasteiger partial charge in [0.05, 0.1) is 17.7 Å². The summed E-state index contributed by atoms with van der Waals surface area (Å²) in [6.07, 6.45) is 5.10. The van der Waals surface area contributed by atoms with E-state index in [-0.39, 0.29) is 0 Å². The Labute approximate surface area is 123 Å². The van der Waals surface area contributed by atoms with E-state index in [1.165, 1.54) is 18.4 Å². The molecule has 1 saturated heterocycles. The second-order valence-electron chi connectivity index (χ2n) is 4.95. The minimum Gasteiger partial charge on any atom is -0.496 e. The van der Waals surface area contributed by atoms with Crippen LogP contribution in [0.3, 0.4) is 0 Å². The fourth-order valence-corrected chi connectivity index (χ4v) is 3.16. The molecule has 3 nitrogen and oxygen atoms in total. The third-order valence-electron chi connectivity index (χ3n) is 3.73. The van der Waals surface area contributed by atoms with E-state index in [0.717, 1.165) is 29.7 Å². The SMILES string of the molecule is CNC(CCC1CCCO1)c1ccc(OC)c(Br)c1. The lowest BCUT2D eigenvalue weighted by molar-refractivity contribution is 0.0998. The second kappa shape index (κ2) is 7.27. The first-order chi connectivity index (χ1) is 9.24. The normalized spacial score (nSPS) is 20.5. The molecule has 1 aliphatic heterocycles. The smallest absolute Gasteiger partial charge is 0.133 e. The Balaban J connectivity index is 1.97. The third-order valence-corrected chi connectivity index (χ3v) is 4.35. The number of methoxy groups -OCH3 is 1. The van der Waals surface area contributed by atoms with Crippen LogP contribution in [0.4, 0.5) is 0 Å². The Hall–Kier alpha value is -0.580. The maximum absolute atomic E-state index is 5.69. The molecule has 2 rings (SSSR count). The van der Waals surface area contributed by atoms with Crippen molar-refractivity contribution in [2.24, 2.45) is 0 Å². The lowest BCUT2D eigenvalue weighted by Gasteiger charge is -2.19. The molecule has 0 aliphatic carbocycles. The van der Waals surface area contributed by atoms with Gasteiger partial charge >= 0.3 is 0 Å². The molecule has 2 unspecified atom stereocenters. The average molecular weight is 328 g/mol. The van der Waals surface area contributed by atoms with Crippen molar-refractivity contribution in [3.63, 3.8) is 0 Å². The van der Waals surface area contributed by atoms with Gasteiger partial charge in [0.2, 0.25) is 0 Å². The van der Waals surface area contributed by atoms with Crippen LogP contribution in [0.2, 0.25) is 0 Å². The van der Waals surface area contributed by atoms with Crippen molar-refractivity contribution in [3.05, 3.63) is 28.2 Å². The highest BCUT2D eigenvalue weighted by atomic mass is 79.9. The first kappa shape index (κ1) is 14.8. The third kappa shape index (κ3) is 3.94. The Morgan fingerprint density at radius 1 is 1.53 bits per heavy atom. The van der Waals surface area contributed by atoms with Gasteiger partial charge in [-0.15, -0.1) is 0 Å². The largest absolute Gasteiger partial charge is 0.496 e. The van der Waals surface area contributed by atoms with E-state index in [2.05, 4.69) is 33.4 Å². The standard InChI is InChI=1S/C15H22BrNO2/c1-17-14(7-6-12-4-3-9-19-12)11-5-8-15(18-2)13(16)10-11/h5,8,10,12,14,17H,3-4,6-7,9H2,1-2H3. The van der Waals surface area contributed by atoms with E-state index in [1.54, 1.807) is 7.11 Å². The van der Waals surface area contributed by atoms with Crippen LogP contribution in [0.1, 0.15) is 37.3 Å². The number of hydrogen-bond acceptors (Lipinski definition) is 3. The van der Waals surface area contributed by atoms with Crippen LogP contribution < -0.4 is 10.1 Å². The Bertz CT molecular complexity index is 405. The molecule has 4 heteroatoms. The summed E-state index contributed by atoms with van der Waals surface area (Å²) in [7, 11) is 3.70. The van der Waals surface area contributed by atoms with E-state index in [1.807, 2.05) is 13.1 Å². The molecule has 1 aromatic rings. The van der Waals surface area contributed by atoms with Crippen molar-refractivity contribution < 1.29 is 9.47 Å². The molecule has 1 fully saturated rings. The van der Waals surface area contributed by atoms with Crippen LogP contribution >= 0.6 is 15.9 Å². The zero-order valence-electron chi connectivity index (χ0n) is 11.6. The molecule has 1 heterocycles. The summed E-state index contributed by atoms with van der Waals surface area (Å²) in [6, 6.07) is 6.64. The Morgan fingerprint density at radius 3 is 2.95 bits per heavy atom. The van der Waals surface area contributed by atoms with Crippen LogP contribution in [-0.4, -0.2) is 26.9 Å². The average Bonchev–Trinajstić information content (AvgIpc) is 2.93. The van der Waals surface area contributed by atoms with Crippen molar-refractivity contribution in [2.45, 2.75) is 37.8 Å². The summed E-state index contributed by atoms with van der Waals surface area (Å²) >= 11 is 3.54. The number of rotatable bonds is 6. The number of nitrogens with one attached hydrogen (secondary N) is 1. The van der Waals surface area contributed by atoms with E-state index in [0.29, 0.717) is 12.1 Å². The highest BCUT2D eigenvalue weighted by Crippen LogP contribution is 2.30. The zero-order chi connectivity index (χ0) is 13.7. The first-order valence-electron chi connectivity index (χ1n) is 6.87. The summed E-state index contributed by atoms with van der Waals surface area (Å²) in [5, 5.41) is 3.39. The minimum absolute atomic E-state index is 0.367. The zero-order valence-corrected chi connectivity index (χ0v) is 13.2. The van der Waals surface area contributed by atoms with Gasteiger partial charge in [-0.2, -0.15) is 0 Å². The molecule has 0 bridgehead atoms. The predicted octanol–water partition coefficient (Wildman–Crippen LogP) is 3.68. The van der Waals surface area contributed by atoms with E-state index >= 15 is 0 Å². The predicted molar refractivity (Wildman–Crippen MR) is 80.7 cm³/mol. The van der Waals surface area contributed by atoms with Crippen molar-refractivity contribution in [2.75, 3.05) is 20.8 Å². The van der Waals surface area contributed by atoms with Gasteiger partial charge in [-0.3, -0.25) is 0 Å². The molecule has 0 aromatic heterocycles. The fourth-order valence-electron chi connectivity index (χ4n) is 2.60. The molecular formula is C15H22BrNO2. The quantitative estimate of drug-likeness (QED) is 0.864. The monoisotopic (exact) mass is 327 g/mol. The number of hydrogen-bond donors (Lipinski definition) is 1. The van der Waals surface area contributed by atoms with Crippen LogP contribution in [0.5, 0.6) is 5.75 Å². The van der Waals surface area contributed by atoms with Crippen LogP contribution in [0.25, 0.3) is 0 Å². The molecule has 2 atom stereocenters. The van der Waals surface area contributed by atoms with Gasteiger partial charge in [0.1, 0.15) is 5.75 Å². The van der Waals surface area contributed by atoms with E-state index in [4.69, 9.17) is 9.47 Å². The fraction of sp³-hybridized carbons (Fsp3) is 0.600. The lowest BCUT2D eigenvalue weighted by Crippen LogP contribution is -2.18. The molecule has 0 radical (unpaired) electrons. The van der Waals surface area contributed by atoms with Gasteiger partial charge in [-0.05, 0) is 66.4 Å². The van der Waals surface area contributed by atoms with Gasteiger partial charge in [-0.1, -0.05) is 6.07 Å². The number of ether oxygens (including phenoxy) is 2. The van der Waals surface area contributed by atoms with Gasteiger partial charge in [0, 0.05) is 12.6 Å². The van der Waals surface area contributed by atoms with Crippen molar-refractivity contribution in [3.8, 4) is 5.75 Å². The van der Waals surface area contributed by atoms with Crippen LogP contribution in [-0.2, 0) is 4.74 Å². The first-order valence-corrected chi connectivity index (χ1v) is 7.66. The highest BCUT2D eigenvalue weighted by molar-refractivity contribution is 9.10. The molecule has 19 heavy (non-hydrogen) atoms. The van der Waals surface area contributed by atoms with E-state index < -0.39 is 0 Å².